The van der Waals surface area contributed by atoms with E-state index in [-0.39, 0.29) is 5.82 Å². The van der Waals surface area contributed by atoms with E-state index in [4.69, 9.17) is 16.3 Å². The van der Waals surface area contributed by atoms with Gasteiger partial charge in [0.05, 0.1) is 17.0 Å². The quantitative estimate of drug-likeness (QED) is 0.552. The zero-order chi connectivity index (χ0) is 14.9. The number of hydrogen-bond acceptors (Lipinski definition) is 1. The first kappa shape index (κ1) is 15.8. The Balaban J connectivity index is 2.55. The maximum Gasteiger partial charge on any atom is 0.141 e. The number of halogens is 4. The second-order valence-electron chi connectivity index (χ2n) is 4.37. The molecule has 106 valence electrons. The van der Waals surface area contributed by atoms with Crippen molar-refractivity contribution in [3.05, 3.63) is 61.8 Å². The minimum absolute atomic E-state index is 0.367. The summed E-state index contributed by atoms with van der Waals surface area (Å²) >= 11 is 13.2. The smallest absolute Gasteiger partial charge is 0.141 e. The molecule has 1 atom stereocenters. The van der Waals surface area contributed by atoms with Crippen LogP contribution in [0, 0.1) is 12.7 Å². The largest absolute Gasteiger partial charge is 0.496 e. The summed E-state index contributed by atoms with van der Waals surface area (Å²) in [5.41, 5.74) is 2.75. The van der Waals surface area contributed by atoms with E-state index in [1.807, 2.05) is 25.1 Å². The molecule has 0 aromatic heterocycles. The highest BCUT2D eigenvalue weighted by molar-refractivity contribution is 9.10. The Morgan fingerprint density at radius 3 is 2.50 bits per heavy atom. The number of methoxy groups -OCH3 is 1. The van der Waals surface area contributed by atoms with Crippen molar-refractivity contribution in [2.24, 2.45) is 0 Å². The van der Waals surface area contributed by atoms with Gasteiger partial charge in [-0.25, -0.2) is 4.39 Å². The van der Waals surface area contributed by atoms with Gasteiger partial charge in [-0.05, 0) is 52.2 Å². The average Bonchev–Trinajstić information content (AvgIpc) is 2.43. The Bertz CT molecular complexity index is 646. The van der Waals surface area contributed by atoms with Crippen LogP contribution in [0.1, 0.15) is 22.1 Å². The summed E-state index contributed by atoms with van der Waals surface area (Å²) in [6.07, 6.45) is 0. The zero-order valence-corrected chi connectivity index (χ0v) is 14.8. The fourth-order valence-corrected chi connectivity index (χ4v) is 3.12. The van der Waals surface area contributed by atoms with Crippen molar-refractivity contribution in [3.63, 3.8) is 0 Å². The first-order valence-electron chi connectivity index (χ1n) is 5.87. The molecule has 0 aliphatic rings. The van der Waals surface area contributed by atoms with Crippen LogP contribution in [0.2, 0.25) is 0 Å². The van der Waals surface area contributed by atoms with Gasteiger partial charge in [0.2, 0.25) is 0 Å². The van der Waals surface area contributed by atoms with Crippen molar-refractivity contribution < 1.29 is 9.13 Å². The Morgan fingerprint density at radius 1 is 1.15 bits per heavy atom. The first-order chi connectivity index (χ1) is 9.43. The topological polar surface area (TPSA) is 9.23 Å². The Morgan fingerprint density at radius 2 is 1.85 bits per heavy atom. The van der Waals surface area contributed by atoms with Crippen molar-refractivity contribution in [1.29, 1.82) is 0 Å². The highest BCUT2D eigenvalue weighted by atomic mass is 79.9. The standard InChI is InChI=1S/C15H12Br2ClFO/c1-8-3-4-9(16)5-10(8)15(18)11-6-12(17)13(19)7-14(11)20-2/h3-7,15H,1-2H3. The molecule has 0 heterocycles. The monoisotopic (exact) mass is 420 g/mol. The molecule has 0 radical (unpaired) electrons. The van der Waals surface area contributed by atoms with Crippen LogP contribution in [0.5, 0.6) is 5.75 Å². The molecule has 0 aliphatic heterocycles. The SMILES string of the molecule is COc1cc(F)c(Br)cc1C(Cl)c1cc(Br)ccc1C. The Labute approximate surface area is 139 Å². The number of ether oxygens (including phenoxy) is 1. The van der Waals surface area contributed by atoms with Gasteiger partial charge in [0.15, 0.2) is 0 Å². The fraction of sp³-hybridized carbons (Fsp3) is 0.200. The van der Waals surface area contributed by atoms with Gasteiger partial charge in [-0.2, -0.15) is 0 Å². The van der Waals surface area contributed by atoms with Crippen LogP contribution in [-0.2, 0) is 0 Å². The lowest BCUT2D eigenvalue weighted by atomic mass is 9.99. The van der Waals surface area contributed by atoms with Gasteiger partial charge in [0, 0.05) is 16.1 Å². The summed E-state index contributed by atoms with van der Waals surface area (Å²) in [6.45, 7) is 1.99. The number of hydrogen-bond donors (Lipinski definition) is 0. The van der Waals surface area contributed by atoms with E-state index in [1.54, 1.807) is 6.07 Å². The predicted molar refractivity (Wildman–Crippen MR) is 87.2 cm³/mol. The van der Waals surface area contributed by atoms with E-state index < -0.39 is 5.38 Å². The lowest BCUT2D eigenvalue weighted by molar-refractivity contribution is 0.406. The maximum atomic E-state index is 13.6. The third kappa shape index (κ3) is 3.18. The van der Waals surface area contributed by atoms with Crippen molar-refractivity contribution >= 4 is 43.5 Å². The van der Waals surface area contributed by atoms with E-state index in [9.17, 15) is 4.39 Å². The zero-order valence-electron chi connectivity index (χ0n) is 10.9. The molecular formula is C15H12Br2ClFO. The Kier molecular flexibility index (Phi) is 5.10. The average molecular weight is 423 g/mol. The molecular weight excluding hydrogens is 410 g/mol. The molecule has 2 aromatic carbocycles. The highest BCUT2D eigenvalue weighted by Gasteiger charge is 2.20. The summed E-state index contributed by atoms with van der Waals surface area (Å²) in [7, 11) is 1.50. The number of aryl methyl sites for hydroxylation is 1. The molecule has 0 N–H and O–H groups in total. The van der Waals surface area contributed by atoms with Crippen LogP contribution in [0.15, 0.2) is 39.3 Å². The molecule has 0 saturated carbocycles. The predicted octanol–water partition coefficient (Wildman–Crippen LogP) is 6.00. The molecule has 20 heavy (non-hydrogen) atoms. The van der Waals surface area contributed by atoms with Crippen LogP contribution >= 0.6 is 43.5 Å². The van der Waals surface area contributed by atoms with Crippen LogP contribution < -0.4 is 4.74 Å². The first-order valence-corrected chi connectivity index (χ1v) is 7.89. The van der Waals surface area contributed by atoms with Crippen LogP contribution in [0.4, 0.5) is 4.39 Å². The van der Waals surface area contributed by atoms with Crippen molar-refractivity contribution in [1.82, 2.24) is 0 Å². The van der Waals surface area contributed by atoms with Crippen molar-refractivity contribution in [3.8, 4) is 5.75 Å². The minimum atomic E-state index is -0.417. The lowest BCUT2D eigenvalue weighted by Gasteiger charge is -2.17. The van der Waals surface area contributed by atoms with E-state index in [0.29, 0.717) is 10.2 Å². The van der Waals surface area contributed by atoms with E-state index in [1.165, 1.54) is 13.2 Å². The molecule has 2 rings (SSSR count). The molecule has 0 spiro atoms. The van der Waals surface area contributed by atoms with E-state index >= 15 is 0 Å². The summed E-state index contributed by atoms with van der Waals surface area (Å²) < 4.78 is 20.1. The number of alkyl halides is 1. The normalized spacial score (nSPS) is 12.3. The third-order valence-electron chi connectivity index (χ3n) is 3.06. The minimum Gasteiger partial charge on any atom is -0.496 e. The fourth-order valence-electron chi connectivity index (χ4n) is 1.97. The third-order valence-corrected chi connectivity index (χ3v) is 4.63. The van der Waals surface area contributed by atoms with E-state index in [0.717, 1.165) is 21.2 Å². The molecule has 0 bridgehead atoms. The second-order valence-corrected chi connectivity index (χ2v) is 6.58. The number of benzene rings is 2. The number of rotatable bonds is 3. The maximum absolute atomic E-state index is 13.6. The van der Waals surface area contributed by atoms with Crippen molar-refractivity contribution in [2.75, 3.05) is 7.11 Å². The summed E-state index contributed by atoms with van der Waals surface area (Å²) in [5, 5.41) is -0.417. The van der Waals surface area contributed by atoms with Gasteiger partial charge in [-0.1, -0.05) is 22.0 Å². The molecule has 0 amide bonds. The van der Waals surface area contributed by atoms with Gasteiger partial charge in [0.1, 0.15) is 11.6 Å². The van der Waals surface area contributed by atoms with Crippen LogP contribution in [-0.4, -0.2) is 7.11 Å². The van der Waals surface area contributed by atoms with Gasteiger partial charge < -0.3 is 4.74 Å². The van der Waals surface area contributed by atoms with Crippen LogP contribution in [0.3, 0.4) is 0 Å². The molecule has 5 heteroatoms. The van der Waals surface area contributed by atoms with Crippen LogP contribution in [0.25, 0.3) is 0 Å². The van der Waals surface area contributed by atoms with E-state index in [2.05, 4.69) is 31.9 Å². The summed E-state index contributed by atoms with van der Waals surface area (Å²) in [6, 6.07) is 8.90. The van der Waals surface area contributed by atoms with Crippen molar-refractivity contribution in [2.45, 2.75) is 12.3 Å². The molecule has 1 nitrogen and oxygen atoms in total. The molecule has 0 aliphatic carbocycles. The second kappa shape index (κ2) is 6.46. The molecule has 2 aromatic rings. The van der Waals surface area contributed by atoms with Gasteiger partial charge >= 0.3 is 0 Å². The lowest BCUT2D eigenvalue weighted by Crippen LogP contribution is -2.01. The molecule has 0 saturated heterocycles. The molecule has 0 fully saturated rings. The highest BCUT2D eigenvalue weighted by Crippen LogP contribution is 2.39. The Hall–Kier alpha value is -0.580. The van der Waals surface area contributed by atoms with Gasteiger partial charge in [0.25, 0.3) is 0 Å². The van der Waals surface area contributed by atoms with Gasteiger partial charge in [-0.3, -0.25) is 0 Å². The molecule has 1 unspecified atom stereocenters. The van der Waals surface area contributed by atoms with Gasteiger partial charge in [-0.15, -0.1) is 11.6 Å². The summed E-state index contributed by atoms with van der Waals surface area (Å²) in [5.74, 6) is 0.0607. The summed E-state index contributed by atoms with van der Waals surface area (Å²) in [4.78, 5) is 0.